The number of allylic oxidation sites excluding steroid dienone is 4. The summed E-state index contributed by atoms with van der Waals surface area (Å²) in [6.45, 7) is 31.6. The fourth-order valence-corrected chi connectivity index (χ4v) is 17.6. The molecule has 0 amide bonds. The number of hydrogen-bond donors (Lipinski definition) is 4. The van der Waals surface area contributed by atoms with Gasteiger partial charge in [-0.05, 0) is 159 Å². The molecule has 6 nitrogen and oxygen atoms in total. The normalized spacial score (nSPS) is 29.3. The molecular weight excluding hydrogens is 1480 g/mol. The Balaban J connectivity index is 0.00000116. The maximum absolute atomic E-state index is 13.9. The zero-order chi connectivity index (χ0) is 54.9. The van der Waals surface area contributed by atoms with Gasteiger partial charge >= 0.3 is 0 Å². The Kier molecular flexibility index (Phi) is 40.2. The minimum absolute atomic E-state index is 0. The maximum atomic E-state index is 13.9. The van der Waals surface area contributed by atoms with Crippen molar-refractivity contribution in [3.05, 3.63) is 120 Å². The largest absolute Gasteiger partial charge is 0.388 e. The second-order valence-electron chi connectivity index (χ2n) is 27.6. The van der Waals surface area contributed by atoms with Gasteiger partial charge in [-0.15, -0.1) is 0 Å². The molecule has 8 rings (SSSR count). The number of aliphatic hydroxyl groups is 4. The Hall–Kier alpha value is 3.50. The van der Waals surface area contributed by atoms with Crippen LogP contribution in [0.3, 0.4) is 0 Å². The fourth-order valence-electron chi connectivity index (χ4n) is 15.0. The van der Waals surface area contributed by atoms with Crippen LogP contribution < -0.4 is 10.6 Å². The van der Waals surface area contributed by atoms with Crippen molar-refractivity contribution in [1.29, 1.82) is 0 Å². The average Bonchev–Trinajstić information content (AvgIpc) is 3.91. The molecule has 0 saturated heterocycles. The number of carbonyl (C=O) groups excluding carboxylic acids is 1. The van der Waals surface area contributed by atoms with Crippen LogP contribution in [0.1, 0.15) is 198 Å². The zero-order valence-corrected chi connectivity index (χ0v) is 70.0. The first-order valence-corrected chi connectivity index (χ1v) is 31.5. The summed E-state index contributed by atoms with van der Waals surface area (Å²) in [5.41, 5.74) is 6.43. The van der Waals surface area contributed by atoms with Crippen molar-refractivity contribution >= 4 is 23.5 Å². The predicted molar refractivity (Wildman–Crippen MR) is 316 cm³/mol. The molecule has 6 fully saturated rings. The van der Waals surface area contributed by atoms with Gasteiger partial charge in [0.2, 0.25) is 0 Å². The molecule has 81 heavy (non-hydrogen) atoms. The maximum Gasteiger partial charge on any atom is 0.146 e. The van der Waals surface area contributed by atoms with Crippen molar-refractivity contribution in [1.82, 2.24) is 0 Å². The average molecular weight is 1580 g/mol. The number of benzene rings is 2. The molecule has 4 N–H and O–H groups in total. The van der Waals surface area contributed by atoms with Gasteiger partial charge in [-0.25, -0.2) is 0 Å². The van der Waals surface area contributed by atoms with E-state index in [0.717, 1.165) is 58.3 Å². The van der Waals surface area contributed by atoms with E-state index in [1.54, 1.807) is 5.57 Å². The molecule has 6 aliphatic carbocycles. The van der Waals surface area contributed by atoms with E-state index in [2.05, 4.69) is 94.5 Å². The Bertz CT molecular complexity index is 2300. The van der Waals surface area contributed by atoms with Crippen LogP contribution in [0.4, 0.5) is 0 Å². The molecule has 0 aliphatic heterocycles. The van der Waals surface area contributed by atoms with Crippen LogP contribution in [0.2, 0.25) is 0 Å². The molecule has 0 aromatic heterocycles. The van der Waals surface area contributed by atoms with Crippen LogP contribution in [-0.4, -0.2) is 56.8 Å². The molecule has 0 unspecified atom stereocenters. The van der Waals surface area contributed by atoms with Gasteiger partial charge in [-0.1, -0.05) is 204 Å². The summed E-state index contributed by atoms with van der Waals surface area (Å²) in [4.78, 5) is 12.2. The van der Waals surface area contributed by atoms with E-state index >= 15 is 0 Å². The van der Waals surface area contributed by atoms with Crippen molar-refractivity contribution < 1.29 is 226 Å². The summed E-state index contributed by atoms with van der Waals surface area (Å²) in [7, 11) is -2.81. The molecule has 434 valence electrons. The number of ketones is 1. The molecule has 2 aromatic carbocycles. The number of hydrogen-bond acceptors (Lipinski definition) is 6. The van der Waals surface area contributed by atoms with Crippen molar-refractivity contribution in [3.8, 4) is 0 Å². The van der Waals surface area contributed by atoms with E-state index in [4.69, 9.17) is 0 Å². The van der Waals surface area contributed by atoms with Gasteiger partial charge in [0.05, 0.1) is 24.4 Å². The van der Waals surface area contributed by atoms with E-state index in [9.17, 15) is 29.8 Å². The van der Waals surface area contributed by atoms with Gasteiger partial charge in [0.1, 0.15) is 12.9 Å². The summed E-state index contributed by atoms with van der Waals surface area (Å²) < 4.78 is 13.9. The first-order valence-electron chi connectivity index (χ1n) is 29.6. The van der Waals surface area contributed by atoms with Crippen molar-refractivity contribution in [2.45, 2.75) is 222 Å². The minimum atomic E-state index is -2.81. The molecular formula is C68H103O6PY6. The van der Waals surface area contributed by atoms with Crippen LogP contribution in [-0.2, 0) is 206 Å². The number of Topliss-reactive ketones (excluding diaryl/α,β-unsaturated/α-hetero) is 1. The smallest absolute Gasteiger partial charge is 0.146 e. The van der Waals surface area contributed by atoms with Crippen molar-refractivity contribution in [2.24, 2.45) is 57.2 Å². The van der Waals surface area contributed by atoms with Crippen molar-refractivity contribution in [3.63, 3.8) is 0 Å². The molecule has 6 radical (unpaired) electrons. The molecule has 2 aromatic rings. The summed E-state index contributed by atoms with van der Waals surface area (Å²) in [6, 6.07) is 19.0. The number of rotatable bonds is 13. The summed E-state index contributed by atoms with van der Waals surface area (Å²) in [5, 5.41) is 41.9. The molecule has 6 saturated carbocycles. The number of aliphatic hydroxyl groups excluding tert-OH is 4. The van der Waals surface area contributed by atoms with Gasteiger partial charge in [-0.3, -0.25) is 4.79 Å². The summed E-state index contributed by atoms with van der Waals surface area (Å²) in [6.07, 6.45) is 26.7. The van der Waals surface area contributed by atoms with E-state index in [1.165, 1.54) is 89.9 Å². The van der Waals surface area contributed by atoms with Crippen LogP contribution in [0.15, 0.2) is 120 Å². The van der Waals surface area contributed by atoms with E-state index in [0.29, 0.717) is 82.3 Å². The van der Waals surface area contributed by atoms with E-state index in [1.807, 2.05) is 66.7 Å². The second-order valence-corrected chi connectivity index (χ2v) is 30.4. The Morgan fingerprint density at radius 2 is 0.963 bits per heavy atom. The predicted octanol–water partition coefficient (Wildman–Crippen LogP) is 15.6. The topological polar surface area (TPSA) is 115 Å². The third-order valence-electron chi connectivity index (χ3n) is 19.6. The van der Waals surface area contributed by atoms with Crippen LogP contribution >= 0.6 is 7.14 Å². The first kappa shape index (κ1) is 84.5. The molecule has 6 aliphatic rings. The molecule has 0 spiro atoms. The van der Waals surface area contributed by atoms with Crippen LogP contribution in [0, 0.1) is 57.2 Å². The van der Waals surface area contributed by atoms with Crippen molar-refractivity contribution in [2.75, 3.05) is 6.16 Å². The van der Waals surface area contributed by atoms with Crippen LogP contribution in [0.5, 0.6) is 0 Å². The number of fused-ring (bicyclic) bond motifs is 2. The Morgan fingerprint density at radius 3 is 1.38 bits per heavy atom. The van der Waals surface area contributed by atoms with E-state index < -0.39 is 31.6 Å². The molecule has 13 heteroatoms. The first-order chi connectivity index (χ1) is 35.3. The van der Waals surface area contributed by atoms with Gasteiger partial charge in [0.15, 0.2) is 0 Å². The minimum Gasteiger partial charge on any atom is -0.388 e. The second kappa shape index (κ2) is 38.5. The standard InChI is InChI=1S/C28H46O2.C21H23O3P.C19H34O.6Y/c1-19(9-7-15-27(3,4)5)23-13-14-24-22(10-8-16-28(23,24)6)12-11-21-17-25(29)20(2)26(30)18-21;1-16-20(22)14-17(15-21(16)23)12-13-25(24,18-8-4-2-5-9-18)19-10-6-3-7-11-19;1-14(8-6-12-18(2,3)4)15-10-11-16-17(20)9-7-13-19(15,16)5;;;;;;/h11-12,19,23-26,29-30H,2,7-10,13-18H2,1,3-6H3;2-12,20-23H,1,13-15H2;14-16H,6-13H2,1-5H3;;;;;;/b22-12+;;;;;;;;/t19-,23+,24-,25+,26+,28+;20-,21-;14-,15+,16-,19+;;;;;;/m010....../s1. The van der Waals surface area contributed by atoms with Gasteiger partial charge in [0, 0.05) is 225 Å². The zero-order valence-electron chi connectivity index (χ0n) is 52.1. The van der Waals surface area contributed by atoms with Gasteiger partial charge < -0.3 is 25.0 Å². The Labute approximate surface area is 644 Å². The van der Waals surface area contributed by atoms with Crippen LogP contribution in [0.25, 0.3) is 0 Å². The quantitative estimate of drug-likeness (QED) is 0.117. The third kappa shape index (κ3) is 23.9. The third-order valence-corrected chi connectivity index (χ3v) is 22.5. The molecule has 0 heterocycles. The summed E-state index contributed by atoms with van der Waals surface area (Å²) >= 11 is 0. The van der Waals surface area contributed by atoms with Gasteiger partial charge in [0.25, 0.3) is 0 Å². The number of carbonyl (C=O) groups is 1. The Morgan fingerprint density at radius 1 is 0.580 bits per heavy atom. The fraction of sp³-hybridized carbons (Fsp3) is 0.662. The van der Waals surface area contributed by atoms with Gasteiger partial charge in [-0.2, -0.15) is 0 Å². The SMILES string of the molecule is C=C1[C@H](O)CC(=C/C=C2\CCC[C@]3(C)[C@@H]([C@@H](C)CCCC(C)(C)C)CC[C@@H]23)C[C@H]1O.C=C1[C@H](O)CC(=CCP(=O)(c2ccccc2)c2ccccc2)C[C@H]1O.C[C@@H](CCCC(C)(C)C)[C@H]1CC[C@H]2C(=O)CCC[C@]12C.[Y].[Y].[Y].[Y].[Y].[Y]. The monoisotopic (exact) mass is 1580 g/mol. The summed E-state index contributed by atoms with van der Waals surface area (Å²) in [5.74, 6) is 4.92. The molecule has 12 atom stereocenters. The van der Waals surface area contributed by atoms with E-state index in [-0.39, 0.29) is 196 Å². The molecule has 0 bridgehead atoms.